The lowest BCUT2D eigenvalue weighted by atomic mass is 10.3. The lowest BCUT2D eigenvalue weighted by Crippen LogP contribution is -2.35. The quantitative estimate of drug-likeness (QED) is 0.692. The number of aliphatic hydroxyl groups is 1. The van der Waals surface area contributed by atoms with Crippen LogP contribution in [-0.2, 0) is 11.3 Å². The molecule has 1 atom stereocenters. The van der Waals surface area contributed by atoms with E-state index in [-0.39, 0.29) is 18.0 Å². The topological polar surface area (TPSA) is 88.6 Å². The van der Waals surface area contributed by atoms with Crippen molar-refractivity contribution in [3.8, 4) is 0 Å². The molecule has 1 amide bonds. The van der Waals surface area contributed by atoms with Gasteiger partial charge in [-0.1, -0.05) is 0 Å². The number of hydrogen-bond acceptors (Lipinski definition) is 4. The van der Waals surface area contributed by atoms with Gasteiger partial charge in [0.15, 0.2) is 0 Å². The van der Waals surface area contributed by atoms with Gasteiger partial charge in [-0.05, 0) is 12.5 Å². The largest absolute Gasteiger partial charge is 0.398 e. The first kappa shape index (κ1) is 11.7. The van der Waals surface area contributed by atoms with Gasteiger partial charge >= 0.3 is 0 Å². The molecule has 1 fully saturated rings. The maximum atomic E-state index is 11.8. The number of β-amino-alcohol motifs (C(OH)–C–C–N with tert-alkyl or cyclic N) is 1. The Kier molecular flexibility index (Phi) is 3.14. The Morgan fingerprint density at radius 2 is 2.29 bits per heavy atom. The van der Waals surface area contributed by atoms with Gasteiger partial charge in [-0.3, -0.25) is 9.59 Å². The number of nitrogens with two attached hydrogens (primary N) is 1. The molecule has 2 rings (SSSR count). The minimum absolute atomic E-state index is 0.0312. The summed E-state index contributed by atoms with van der Waals surface area (Å²) in [5.74, 6) is -0.172. The van der Waals surface area contributed by atoms with Crippen molar-refractivity contribution in [2.45, 2.75) is 19.1 Å². The second-order valence-electron chi connectivity index (χ2n) is 4.21. The van der Waals surface area contributed by atoms with Crippen LogP contribution < -0.4 is 11.3 Å². The van der Waals surface area contributed by atoms with Crippen molar-refractivity contribution in [2.75, 3.05) is 18.8 Å². The normalized spacial score (nSPS) is 19.6. The average molecular weight is 237 g/mol. The fourth-order valence-electron chi connectivity index (χ4n) is 1.89. The molecule has 92 valence electrons. The van der Waals surface area contributed by atoms with Gasteiger partial charge in [0.2, 0.25) is 5.91 Å². The molecule has 0 bridgehead atoms. The first-order chi connectivity index (χ1) is 8.06. The summed E-state index contributed by atoms with van der Waals surface area (Å²) >= 11 is 0. The summed E-state index contributed by atoms with van der Waals surface area (Å²) in [4.78, 5) is 24.9. The number of pyridine rings is 1. The number of rotatable bonds is 2. The molecule has 1 aliphatic rings. The number of aliphatic hydroxyl groups excluding tert-OH is 1. The molecule has 0 radical (unpaired) electrons. The van der Waals surface area contributed by atoms with Crippen molar-refractivity contribution in [3.63, 3.8) is 0 Å². The van der Waals surface area contributed by atoms with Gasteiger partial charge in [0.05, 0.1) is 6.10 Å². The predicted octanol–water partition coefficient (Wildman–Crippen LogP) is -0.976. The predicted molar refractivity (Wildman–Crippen MR) is 62.3 cm³/mol. The molecule has 6 nitrogen and oxygen atoms in total. The molecule has 0 unspecified atom stereocenters. The van der Waals surface area contributed by atoms with Crippen LogP contribution in [0.25, 0.3) is 0 Å². The van der Waals surface area contributed by atoms with Gasteiger partial charge < -0.3 is 20.3 Å². The number of carbonyl (C=O) groups excluding carboxylic acids is 1. The first-order valence-corrected chi connectivity index (χ1v) is 5.48. The summed E-state index contributed by atoms with van der Waals surface area (Å²) in [5.41, 5.74) is 5.74. The van der Waals surface area contributed by atoms with E-state index in [0.29, 0.717) is 25.2 Å². The van der Waals surface area contributed by atoms with Gasteiger partial charge in [0.25, 0.3) is 5.56 Å². The van der Waals surface area contributed by atoms with Crippen LogP contribution in [0, 0.1) is 0 Å². The average Bonchev–Trinajstić information content (AvgIpc) is 2.70. The minimum Gasteiger partial charge on any atom is -0.398 e. The number of nitrogens with zero attached hydrogens (tertiary/aromatic N) is 2. The second kappa shape index (κ2) is 4.58. The summed E-state index contributed by atoms with van der Waals surface area (Å²) in [6.45, 7) is 0.851. The lowest BCUT2D eigenvalue weighted by molar-refractivity contribution is -0.131. The summed E-state index contributed by atoms with van der Waals surface area (Å²) in [6, 6.07) is 2.84. The highest BCUT2D eigenvalue weighted by atomic mass is 16.3. The molecule has 3 N–H and O–H groups in total. The van der Waals surface area contributed by atoms with Crippen molar-refractivity contribution in [3.05, 3.63) is 28.7 Å². The van der Waals surface area contributed by atoms with Crippen LogP contribution in [0.4, 0.5) is 5.69 Å². The van der Waals surface area contributed by atoms with E-state index in [1.165, 1.54) is 22.9 Å². The SMILES string of the molecule is Nc1ccc(=O)n(CC(=O)N2CC[C@@H](O)C2)c1. The minimum atomic E-state index is -0.448. The van der Waals surface area contributed by atoms with Crippen molar-refractivity contribution in [1.82, 2.24) is 9.47 Å². The van der Waals surface area contributed by atoms with E-state index >= 15 is 0 Å². The molecule has 17 heavy (non-hydrogen) atoms. The third kappa shape index (κ3) is 2.65. The second-order valence-corrected chi connectivity index (χ2v) is 4.21. The third-order valence-electron chi connectivity index (χ3n) is 2.83. The first-order valence-electron chi connectivity index (χ1n) is 5.48. The highest BCUT2D eigenvalue weighted by molar-refractivity contribution is 5.76. The molecule has 1 aliphatic heterocycles. The molecule has 6 heteroatoms. The number of likely N-dealkylation sites (tertiary alicyclic amines) is 1. The Morgan fingerprint density at radius 1 is 1.53 bits per heavy atom. The van der Waals surface area contributed by atoms with Crippen LogP contribution in [0.15, 0.2) is 23.1 Å². The Bertz CT molecular complexity index is 483. The van der Waals surface area contributed by atoms with Crippen molar-refractivity contribution in [1.29, 1.82) is 0 Å². The molecule has 1 aromatic heterocycles. The molecule has 0 saturated carbocycles. The zero-order valence-corrected chi connectivity index (χ0v) is 9.37. The summed E-state index contributed by atoms with van der Waals surface area (Å²) < 4.78 is 1.28. The van der Waals surface area contributed by atoms with Crippen LogP contribution in [-0.4, -0.2) is 39.7 Å². The number of amides is 1. The van der Waals surface area contributed by atoms with Crippen LogP contribution >= 0.6 is 0 Å². The monoisotopic (exact) mass is 237 g/mol. The fraction of sp³-hybridized carbons (Fsp3) is 0.455. The third-order valence-corrected chi connectivity index (χ3v) is 2.83. The van der Waals surface area contributed by atoms with Crippen molar-refractivity contribution >= 4 is 11.6 Å². The van der Waals surface area contributed by atoms with E-state index in [1.54, 1.807) is 4.90 Å². The van der Waals surface area contributed by atoms with E-state index in [2.05, 4.69) is 0 Å². The molecule has 0 aromatic carbocycles. The molecular formula is C11H15N3O3. The number of carbonyl (C=O) groups is 1. The van der Waals surface area contributed by atoms with Crippen LogP contribution in [0.3, 0.4) is 0 Å². The van der Waals surface area contributed by atoms with Crippen molar-refractivity contribution < 1.29 is 9.90 Å². The zero-order chi connectivity index (χ0) is 12.4. The van der Waals surface area contributed by atoms with E-state index in [9.17, 15) is 14.7 Å². The van der Waals surface area contributed by atoms with E-state index in [0.717, 1.165) is 0 Å². The van der Waals surface area contributed by atoms with Gasteiger partial charge in [0.1, 0.15) is 6.54 Å². The molecule has 0 aliphatic carbocycles. The number of anilines is 1. The molecule has 1 aromatic rings. The summed E-state index contributed by atoms with van der Waals surface area (Å²) in [5, 5.41) is 9.33. The number of hydrogen-bond donors (Lipinski definition) is 2. The number of aromatic nitrogens is 1. The summed E-state index contributed by atoms with van der Waals surface area (Å²) in [7, 11) is 0. The Balaban J connectivity index is 2.08. The Hall–Kier alpha value is -1.82. The Labute approximate surface area is 98.3 Å². The van der Waals surface area contributed by atoms with E-state index in [4.69, 9.17) is 5.73 Å². The number of nitrogen functional groups attached to an aromatic ring is 1. The van der Waals surface area contributed by atoms with Gasteiger partial charge in [0, 0.05) is 31.0 Å². The van der Waals surface area contributed by atoms with E-state index in [1.807, 2.05) is 0 Å². The maximum absolute atomic E-state index is 11.8. The summed E-state index contributed by atoms with van der Waals surface area (Å²) in [6.07, 6.45) is 1.60. The highest BCUT2D eigenvalue weighted by Crippen LogP contribution is 2.09. The van der Waals surface area contributed by atoms with Gasteiger partial charge in [-0.15, -0.1) is 0 Å². The molecule has 1 saturated heterocycles. The Morgan fingerprint density at radius 3 is 2.94 bits per heavy atom. The molecule has 2 heterocycles. The zero-order valence-electron chi connectivity index (χ0n) is 9.37. The van der Waals surface area contributed by atoms with E-state index < -0.39 is 6.10 Å². The smallest absolute Gasteiger partial charge is 0.251 e. The standard InChI is InChI=1S/C11H15N3O3/c12-8-1-2-10(16)14(5-8)7-11(17)13-4-3-9(15)6-13/h1-2,5,9,15H,3-4,6-7,12H2/t9-/m1/s1. The highest BCUT2D eigenvalue weighted by Gasteiger charge is 2.24. The fourth-order valence-corrected chi connectivity index (χ4v) is 1.89. The van der Waals surface area contributed by atoms with Crippen molar-refractivity contribution in [2.24, 2.45) is 0 Å². The lowest BCUT2D eigenvalue weighted by Gasteiger charge is -2.16. The molecular weight excluding hydrogens is 222 g/mol. The maximum Gasteiger partial charge on any atom is 0.251 e. The van der Waals surface area contributed by atoms with Crippen LogP contribution in [0.1, 0.15) is 6.42 Å². The van der Waals surface area contributed by atoms with Gasteiger partial charge in [-0.25, -0.2) is 0 Å². The van der Waals surface area contributed by atoms with Gasteiger partial charge in [-0.2, -0.15) is 0 Å². The van der Waals surface area contributed by atoms with Crippen LogP contribution in [0.2, 0.25) is 0 Å². The van der Waals surface area contributed by atoms with Crippen LogP contribution in [0.5, 0.6) is 0 Å². The molecule has 0 spiro atoms.